The molecule has 2 atom stereocenters. The summed E-state index contributed by atoms with van der Waals surface area (Å²) in [7, 11) is 0. The number of piperazine rings is 1. The first-order chi connectivity index (χ1) is 14.1. The van der Waals surface area contributed by atoms with Crippen molar-refractivity contribution in [3.8, 4) is 5.75 Å². The van der Waals surface area contributed by atoms with Crippen molar-refractivity contribution in [2.45, 2.75) is 19.8 Å². The molecule has 0 bridgehead atoms. The number of carbonyl (C=O) groups excluding carboxylic acids is 3. The molecule has 29 heavy (non-hydrogen) atoms. The molecular formula is C22H27N3O4. The Hall–Kier alpha value is -2.83. The minimum atomic E-state index is -0.285. The number of hydrogen-bond acceptors (Lipinski definition) is 5. The van der Waals surface area contributed by atoms with Gasteiger partial charge in [0.25, 0.3) is 0 Å². The highest BCUT2D eigenvalue weighted by Gasteiger charge is 2.48. The van der Waals surface area contributed by atoms with Crippen LogP contribution in [-0.4, -0.2) is 66.9 Å². The first-order valence-corrected chi connectivity index (χ1v) is 10.3. The fraction of sp³-hybridized carbons (Fsp3) is 0.500. The van der Waals surface area contributed by atoms with Crippen LogP contribution in [0.5, 0.6) is 5.75 Å². The summed E-state index contributed by atoms with van der Waals surface area (Å²) in [5.41, 5.74) is 1.03. The molecule has 2 aliphatic heterocycles. The van der Waals surface area contributed by atoms with Gasteiger partial charge in [0.05, 0.1) is 24.1 Å². The predicted octanol–water partition coefficient (Wildman–Crippen LogP) is 1.69. The molecule has 2 saturated heterocycles. The molecule has 0 spiro atoms. The second-order valence-corrected chi connectivity index (χ2v) is 7.69. The second kappa shape index (κ2) is 8.27. The van der Waals surface area contributed by atoms with E-state index in [2.05, 4.69) is 4.90 Å². The van der Waals surface area contributed by atoms with Crippen molar-refractivity contribution in [3.63, 3.8) is 0 Å². The highest BCUT2D eigenvalue weighted by molar-refractivity contribution is 6.07. The van der Waals surface area contributed by atoms with Crippen molar-refractivity contribution in [1.82, 2.24) is 9.80 Å². The van der Waals surface area contributed by atoms with E-state index in [9.17, 15) is 14.4 Å². The van der Waals surface area contributed by atoms with Crippen LogP contribution < -0.4 is 9.64 Å². The SMILES string of the molecule is CCOc1ccccc1N1CCN(C(=O)CN2C(=O)[C@H]3CC=CC[C@@H]3C2=O)CC1. The molecule has 0 aromatic heterocycles. The summed E-state index contributed by atoms with van der Waals surface area (Å²) in [5, 5.41) is 0. The monoisotopic (exact) mass is 397 g/mol. The minimum Gasteiger partial charge on any atom is -0.492 e. The predicted molar refractivity (Wildman–Crippen MR) is 108 cm³/mol. The number of ether oxygens (including phenoxy) is 1. The van der Waals surface area contributed by atoms with Crippen molar-refractivity contribution in [2.24, 2.45) is 11.8 Å². The average molecular weight is 397 g/mol. The summed E-state index contributed by atoms with van der Waals surface area (Å²) in [6.45, 7) is 4.92. The highest BCUT2D eigenvalue weighted by Crippen LogP contribution is 2.35. The Morgan fingerprint density at radius 3 is 2.24 bits per heavy atom. The highest BCUT2D eigenvalue weighted by atomic mass is 16.5. The van der Waals surface area contributed by atoms with Crippen LogP contribution in [-0.2, 0) is 14.4 Å². The van der Waals surface area contributed by atoms with E-state index in [4.69, 9.17) is 4.74 Å². The lowest BCUT2D eigenvalue weighted by molar-refractivity contribution is -0.146. The van der Waals surface area contributed by atoms with E-state index in [-0.39, 0.29) is 36.1 Å². The van der Waals surface area contributed by atoms with Crippen LogP contribution >= 0.6 is 0 Å². The van der Waals surface area contributed by atoms with Crippen molar-refractivity contribution in [1.29, 1.82) is 0 Å². The lowest BCUT2D eigenvalue weighted by Crippen LogP contribution is -2.52. The standard InChI is InChI=1S/C22H27N3O4/c1-2-29-19-10-6-5-9-18(19)23-11-13-24(14-12-23)20(26)15-25-21(27)16-7-3-4-8-17(16)22(25)28/h3-6,9-10,16-17H,2,7-8,11-15H2,1H3/t16-,17-/m0/s1. The molecule has 7 nitrogen and oxygen atoms in total. The second-order valence-electron chi connectivity index (χ2n) is 7.69. The maximum atomic E-state index is 12.8. The van der Waals surface area contributed by atoms with Crippen LogP contribution in [0, 0.1) is 11.8 Å². The van der Waals surface area contributed by atoms with Crippen LogP contribution in [0.1, 0.15) is 19.8 Å². The number of hydrogen-bond donors (Lipinski definition) is 0. The molecule has 1 aliphatic carbocycles. The first-order valence-electron chi connectivity index (χ1n) is 10.3. The van der Waals surface area contributed by atoms with E-state index in [1.165, 1.54) is 4.90 Å². The summed E-state index contributed by atoms with van der Waals surface area (Å²) in [5.74, 6) is -0.265. The lowest BCUT2D eigenvalue weighted by Gasteiger charge is -2.37. The fourth-order valence-corrected chi connectivity index (χ4v) is 4.45. The molecule has 0 radical (unpaired) electrons. The van der Waals surface area contributed by atoms with Gasteiger partial charge in [0.1, 0.15) is 12.3 Å². The van der Waals surface area contributed by atoms with Crippen LogP contribution in [0.25, 0.3) is 0 Å². The number of likely N-dealkylation sites (tertiary alicyclic amines) is 1. The van der Waals surface area contributed by atoms with Gasteiger partial charge in [0.2, 0.25) is 17.7 Å². The van der Waals surface area contributed by atoms with Gasteiger partial charge in [0, 0.05) is 26.2 Å². The Balaban J connectivity index is 1.35. The number of para-hydroxylation sites is 2. The smallest absolute Gasteiger partial charge is 0.242 e. The number of benzene rings is 1. The van der Waals surface area contributed by atoms with Crippen molar-refractivity contribution < 1.29 is 19.1 Å². The molecule has 2 fully saturated rings. The number of carbonyl (C=O) groups is 3. The normalized spacial score (nSPS) is 24.1. The zero-order valence-corrected chi connectivity index (χ0v) is 16.8. The molecule has 154 valence electrons. The van der Waals surface area contributed by atoms with E-state index >= 15 is 0 Å². The molecule has 3 aliphatic rings. The first kappa shape index (κ1) is 19.5. The topological polar surface area (TPSA) is 70.2 Å². The molecule has 0 saturated carbocycles. The molecular weight excluding hydrogens is 370 g/mol. The third-order valence-electron chi connectivity index (χ3n) is 6.03. The molecule has 4 rings (SSSR count). The number of amides is 3. The molecule has 1 aromatic rings. The fourth-order valence-electron chi connectivity index (χ4n) is 4.45. The van der Waals surface area contributed by atoms with Crippen molar-refractivity contribution in [2.75, 3.05) is 44.2 Å². The van der Waals surface area contributed by atoms with Crippen LogP contribution in [0.2, 0.25) is 0 Å². The number of fused-ring (bicyclic) bond motifs is 1. The summed E-state index contributed by atoms with van der Waals surface area (Å²) in [6, 6.07) is 7.91. The molecule has 0 unspecified atom stereocenters. The van der Waals surface area contributed by atoms with Gasteiger partial charge in [-0.2, -0.15) is 0 Å². The number of nitrogens with zero attached hydrogens (tertiary/aromatic N) is 3. The Labute approximate surface area is 170 Å². The molecule has 2 heterocycles. The van der Waals surface area contributed by atoms with Gasteiger partial charge in [-0.05, 0) is 31.9 Å². The van der Waals surface area contributed by atoms with Crippen LogP contribution in [0.3, 0.4) is 0 Å². The lowest BCUT2D eigenvalue weighted by atomic mass is 9.85. The zero-order chi connectivity index (χ0) is 20.4. The summed E-state index contributed by atoms with van der Waals surface area (Å²) >= 11 is 0. The van der Waals surface area contributed by atoms with E-state index in [0.29, 0.717) is 45.6 Å². The number of imide groups is 1. The summed E-state index contributed by atoms with van der Waals surface area (Å²) < 4.78 is 5.71. The van der Waals surface area contributed by atoms with E-state index in [1.54, 1.807) is 4.90 Å². The molecule has 1 aromatic carbocycles. The van der Waals surface area contributed by atoms with Gasteiger partial charge >= 0.3 is 0 Å². The Kier molecular flexibility index (Phi) is 5.56. The maximum absolute atomic E-state index is 12.8. The van der Waals surface area contributed by atoms with Gasteiger partial charge in [-0.15, -0.1) is 0 Å². The largest absolute Gasteiger partial charge is 0.492 e. The summed E-state index contributed by atoms with van der Waals surface area (Å²) in [4.78, 5) is 43.1. The van der Waals surface area contributed by atoms with Gasteiger partial charge in [0.15, 0.2) is 0 Å². The number of allylic oxidation sites excluding steroid dienone is 2. The van der Waals surface area contributed by atoms with Crippen LogP contribution in [0.4, 0.5) is 5.69 Å². The molecule has 0 N–H and O–H groups in total. The van der Waals surface area contributed by atoms with E-state index < -0.39 is 0 Å². The Morgan fingerprint density at radius 1 is 1.00 bits per heavy atom. The van der Waals surface area contributed by atoms with E-state index in [0.717, 1.165) is 11.4 Å². The van der Waals surface area contributed by atoms with Gasteiger partial charge in [-0.1, -0.05) is 24.3 Å². The van der Waals surface area contributed by atoms with Crippen molar-refractivity contribution in [3.05, 3.63) is 36.4 Å². The van der Waals surface area contributed by atoms with Gasteiger partial charge < -0.3 is 14.5 Å². The van der Waals surface area contributed by atoms with Gasteiger partial charge in [-0.25, -0.2) is 0 Å². The quantitative estimate of drug-likeness (QED) is 0.559. The minimum absolute atomic E-state index is 0.139. The van der Waals surface area contributed by atoms with Crippen molar-refractivity contribution >= 4 is 23.4 Å². The third-order valence-corrected chi connectivity index (χ3v) is 6.03. The summed E-state index contributed by atoms with van der Waals surface area (Å²) in [6.07, 6.45) is 5.10. The zero-order valence-electron chi connectivity index (χ0n) is 16.8. The third kappa shape index (κ3) is 3.73. The molecule has 3 amide bonds. The maximum Gasteiger partial charge on any atom is 0.242 e. The van der Waals surface area contributed by atoms with E-state index in [1.807, 2.05) is 43.3 Å². The van der Waals surface area contributed by atoms with Gasteiger partial charge in [-0.3, -0.25) is 19.3 Å². The Morgan fingerprint density at radius 2 is 1.62 bits per heavy atom. The molecule has 7 heteroatoms. The average Bonchev–Trinajstić information content (AvgIpc) is 3.00. The Bertz CT molecular complexity index is 803. The van der Waals surface area contributed by atoms with Crippen LogP contribution in [0.15, 0.2) is 36.4 Å². The number of rotatable bonds is 5. The number of anilines is 1.